The number of carboxylic acids is 1. The lowest BCUT2D eigenvalue weighted by Crippen LogP contribution is -2.36. The van der Waals surface area contributed by atoms with Crippen molar-refractivity contribution >= 4 is 11.9 Å². The summed E-state index contributed by atoms with van der Waals surface area (Å²) in [6.45, 7) is 5.13. The van der Waals surface area contributed by atoms with Gasteiger partial charge in [0, 0.05) is 13.1 Å². The molecule has 20 heavy (non-hydrogen) atoms. The van der Waals surface area contributed by atoms with E-state index in [4.69, 9.17) is 5.26 Å². The van der Waals surface area contributed by atoms with Crippen molar-refractivity contribution in [1.29, 1.82) is 5.26 Å². The molecule has 5 heteroatoms. The number of nitriles is 1. The van der Waals surface area contributed by atoms with Gasteiger partial charge in [-0.25, -0.2) is 4.79 Å². The molecule has 1 unspecified atom stereocenters. The number of carboxylic acid groups (broad SMARTS) is 1. The Morgan fingerprint density at radius 3 is 2.25 bits per heavy atom. The molecule has 1 aromatic rings. The van der Waals surface area contributed by atoms with E-state index in [0.29, 0.717) is 11.1 Å². The monoisotopic (exact) mass is 274 g/mol. The highest BCUT2D eigenvalue weighted by atomic mass is 16.4. The van der Waals surface area contributed by atoms with Gasteiger partial charge in [0.25, 0.3) is 5.91 Å². The van der Waals surface area contributed by atoms with Gasteiger partial charge in [-0.1, -0.05) is 12.1 Å². The quantitative estimate of drug-likeness (QED) is 0.913. The number of carbonyl (C=O) groups excluding carboxylic acids is 1. The summed E-state index contributed by atoms with van der Waals surface area (Å²) in [6, 6.07) is 5.16. The average Bonchev–Trinajstić information content (AvgIpc) is 2.39. The van der Waals surface area contributed by atoms with Crippen LogP contribution in [-0.2, 0) is 0 Å². The van der Waals surface area contributed by atoms with Gasteiger partial charge in [-0.2, -0.15) is 5.26 Å². The van der Waals surface area contributed by atoms with Crippen molar-refractivity contribution in [2.75, 3.05) is 7.05 Å². The molecule has 106 valence electrons. The molecule has 0 saturated carbocycles. The highest BCUT2D eigenvalue weighted by molar-refractivity contribution is 6.06. The lowest BCUT2D eigenvalue weighted by atomic mass is 9.96. The van der Waals surface area contributed by atoms with Crippen molar-refractivity contribution in [3.05, 3.63) is 34.4 Å². The Morgan fingerprint density at radius 2 is 1.80 bits per heavy atom. The first-order chi connectivity index (χ1) is 9.31. The lowest BCUT2D eigenvalue weighted by Gasteiger charge is -2.25. The van der Waals surface area contributed by atoms with E-state index >= 15 is 0 Å². The molecule has 0 aliphatic carbocycles. The minimum atomic E-state index is -1.11. The minimum Gasteiger partial charge on any atom is -0.478 e. The van der Waals surface area contributed by atoms with Crippen LogP contribution in [0.1, 0.15) is 45.2 Å². The van der Waals surface area contributed by atoms with Crippen LogP contribution >= 0.6 is 0 Å². The second-order valence-electron chi connectivity index (χ2n) is 4.88. The van der Waals surface area contributed by atoms with Gasteiger partial charge in [-0.05, 0) is 31.9 Å². The van der Waals surface area contributed by atoms with Crippen LogP contribution in [0.5, 0.6) is 0 Å². The number of aryl methyl sites for hydroxylation is 2. The van der Waals surface area contributed by atoms with Crippen LogP contribution in [0, 0.1) is 25.2 Å². The Balaban J connectivity index is 3.33. The molecule has 0 aliphatic heterocycles. The summed E-state index contributed by atoms with van der Waals surface area (Å²) in [7, 11) is 1.58. The van der Waals surface area contributed by atoms with E-state index in [1.54, 1.807) is 40.0 Å². The third-order valence-corrected chi connectivity index (χ3v) is 3.42. The Hall–Kier alpha value is -2.35. The van der Waals surface area contributed by atoms with Crippen molar-refractivity contribution in [1.82, 2.24) is 4.90 Å². The summed E-state index contributed by atoms with van der Waals surface area (Å²) >= 11 is 0. The van der Waals surface area contributed by atoms with Gasteiger partial charge >= 0.3 is 5.97 Å². The summed E-state index contributed by atoms with van der Waals surface area (Å²) in [6.07, 6.45) is 0.204. The molecular weight excluding hydrogens is 256 g/mol. The van der Waals surface area contributed by atoms with E-state index in [-0.39, 0.29) is 29.5 Å². The van der Waals surface area contributed by atoms with Crippen molar-refractivity contribution in [3.63, 3.8) is 0 Å². The first kappa shape index (κ1) is 15.7. The van der Waals surface area contributed by atoms with E-state index < -0.39 is 5.97 Å². The Bertz CT molecular complexity index is 588. The molecule has 0 bridgehead atoms. The normalized spacial score (nSPS) is 11.6. The summed E-state index contributed by atoms with van der Waals surface area (Å²) in [5.74, 6) is -1.48. The van der Waals surface area contributed by atoms with Gasteiger partial charge in [-0.15, -0.1) is 0 Å². The van der Waals surface area contributed by atoms with Crippen LogP contribution < -0.4 is 0 Å². The zero-order valence-electron chi connectivity index (χ0n) is 12.1. The molecular formula is C15H18N2O3. The Labute approximate surface area is 118 Å². The molecule has 5 nitrogen and oxygen atoms in total. The highest BCUT2D eigenvalue weighted by Gasteiger charge is 2.25. The topological polar surface area (TPSA) is 81.4 Å². The highest BCUT2D eigenvalue weighted by Crippen LogP contribution is 2.21. The van der Waals surface area contributed by atoms with Gasteiger partial charge in [0.15, 0.2) is 0 Å². The number of nitrogens with zero attached hydrogens (tertiary/aromatic N) is 2. The molecule has 0 spiro atoms. The van der Waals surface area contributed by atoms with Crippen molar-refractivity contribution < 1.29 is 14.7 Å². The number of carbonyl (C=O) groups is 2. The van der Waals surface area contributed by atoms with E-state index in [2.05, 4.69) is 0 Å². The fourth-order valence-electron chi connectivity index (χ4n) is 2.01. The zero-order valence-corrected chi connectivity index (χ0v) is 12.1. The minimum absolute atomic E-state index is 0.0333. The molecule has 0 saturated heterocycles. The number of hydrogen-bond acceptors (Lipinski definition) is 3. The zero-order chi connectivity index (χ0) is 15.4. The van der Waals surface area contributed by atoms with Crippen LogP contribution in [0.3, 0.4) is 0 Å². The molecule has 0 radical (unpaired) electrons. The SMILES string of the molecule is Cc1ccc(C)c(C(=O)N(C)C(C)CC#N)c1C(=O)O. The fraction of sp³-hybridized carbons (Fsp3) is 0.400. The second kappa shape index (κ2) is 6.20. The van der Waals surface area contributed by atoms with Crippen LogP contribution in [0.4, 0.5) is 0 Å². The van der Waals surface area contributed by atoms with Crippen molar-refractivity contribution in [2.24, 2.45) is 0 Å². The van der Waals surface area contributed by atoms with Gasteiger partial charge in [-0.3, -0.25) is 4.79 Å². The number of rotatable bonds is 4. The summed E-state index contributed by atoms with van der Waals surface area (Å²) < 4.78 is 0. The Morgan fingerprint density at radius 1 is 1.30 bits per heavy atom. The molecule has 0 fully saturated rings. The summed E-state index contributed by atoms with van der Waals surface area (Å²) in [5.41, 5.74) is 1.40. The van der Waals surface area contributed by atoms with Crippen LogP contribution in [-0.4, -0.2) is 35.0 Å². The van der Waals surface area contributed by atoms with Crippen molar-refractivity contribution in [3.8, 4) is 6.07 Å². The molecule has 0 aromatic heterocycles. The summed E-state index contributed by atoms with van der Waals surface area (Å²) in [5, 5.41) is 18.0. The average molecular weight is 274 g/mol. The fourth-order valence-corrected chi connectivity index (χ4v) is 2.01. The predicted molar refractivity (Wildman–Crippen MR) is 74.7 cm³/mol. The maximum Gasteiger partial charge on any atom is 0.336 e. The lowest BCUT2D eigenvalue weighted by molar-refractivity contribution is 0.0671. The van der Waals surface area contributed by atoms with Gasteiger partial charge < -0.3 is 10.0 Å². The van der Waals surface area contributed by atoms with E-state index in [1.807, 2.05) is 6.07 Å². The third kappa shape index (κ3) is 2.97. The second-order valence-corrected chi connectivity index (χ2v) is 4.88. The van der Waals surface area contributed by atoms with Gasteiger partial charge in [0.05, 0.1) is 23.6 Å². The maximum absolute atomic E-state index is 12.5. The number of amides is 1. The molecule has 1 amide bonds. The van der Waals surface area contributed by atoms with Gasteiger partial charge in [0.2, 0.25) is 0 Å². The van der Waals surface area contributed by atoms with Crippen LogP contribution in [0.25, 0.3) is 0 Å². The number of aromatic carboxylic acids is 1. The number of hydrogen-bond donors (Lipinski definition) is 1. The van der Waals surface area contributed by atoms with E-state index in [9.17, 15) is 14.7 Å². The first-order valence-electron chi connectivity index (χ1n) is 6.28. The van der Waals surface area contributed by atoms with Gasteiger partial charge in [0.1, 0.15) is 0 Å². The van der Waals surface area contributed by atoms with Crippen molar-refractivity contribution in [2.45, 2.75) is 33.2 Å². The van der Waals surface area contributed by atoms with Crippen LogP contribution in [0.15, 0.2) is 12.1 Å². The predicted octanol–water partition coefficient (Wildman–Crippen LogP) is 2.38. The van der Waals surface area contributed by atoms with Crippen LogP contribution in [0.2, 0.25) is 0 Å². The Kier molecular flexibility index (Phi) is 4.87. The standard InChI is InChI=1S/C15H18N2O3/c1-9-5-6-10(2)13(15(19)20)12(9)14(18)17(4)11(3)7-8-16/h5-6,11H,7H2,1-4H3,(H,19,20). The van der Waals surface area contributed by atoms with E-state index in [0.717, 1.165) is 0 Å². The smallest absolute Gasteiger partial charge is 0.336 e. The summed E-state index contributed by atoms with van der Waals surface area (Å²) in [4.78, 5) is 25.3. The molecule has 1 aromatic carbocycles. The molecule has 1 N–H and O–H groups in total. The molecule has 1 atom stereocenters. The molecule has 0 aliphatic rings. The maximum atomic E-state index is 12.5. The largest absolute Gasteiger partial charge is 0.478 e. The first-order valence-corrected chi connectivity index (χ1v) is 6.28. The molecule has 0 heterocycles. The number of benzene rings is 1. The molecule has 1 rings (SSSR count). The third-order valence-electron chi connectivity index (χ3n) is 3.42. The van der Waals surface area contributed by atoms with E-state index in [1.165, 1.54) is 4.90 Å².